The molecule has 2 rings (SSSR count). The first kappa shape index (κ1) is 14.6. The molecular formula is C13H16BrNO3S. The molecule has 1 atom stereocenters. The number of hydrogen-bond donors (Lipinski definition) is 1. The molecule has 1 unspecified atom stereocenters. The molecule has 0 aliphatic heterocycles. The lowest BCUT2D eigenvalue weighted by Gasteiger charge is -2.21. The van der Waals surface area contributed by atoms with Crippen LogP contribution in [0, 0.1) is 6.92 Å². The third kappa shape index (κ3) is 3.58. The normalized spacial score (nSPS) is 19.4. The fourth-order valence-electron chi connectivity index (χ4n) is 2.09. The molecular weight excluding hydrogens is 330 g/mol. The number of benzene rings is 1. The van der Waals surface area contributed by atoms with E-state index < -0.39 is 10.0 Å². The Labute approximate surface area is 121 Å². The Hall–Kier alpha value is -0.850. The van der Waals surface area contributed by atoms with Crippen LogP contribution in [-0.2, 0) is 10.0 Å². The zero-order valence-corrected chi connectivity index (χ0v) is 13.0. The average molecular weight is 346 g/mol. The molecule has 0 saturated carbocycles. The third-order valence-corrected chi connectivity index (χ3v) is 4.37. The van der Waals surface area contributed by atoms with Crippen molar-refractivity contribution in [2.45, 2.75) is 37.2 Å². The minimum atomic E-state index is -3.81. The lowest BCUT2D eigenvalue weighted by atomic mass is 10.1. The van der Waals surface area contributed by atoms with E-state index in [4.69, 9.17) is 9.88 Å². The number of halogens is 1. The van der Waals surface area contributed by atoms with Crippen LogP contribution in [0.3, 0.4) is 0 Å². The van der Waals surface area contributed by atoms with Crippen molar-refractivity contribution in [1.82, 2.24) is 0 Å². The molecule has 0 spiro atoms. The summed E-state index contributed by atoms with van der Waals surface area (Å²) in [4.78, 5) is 0.0262. The highest BCUT2D eigenvalue weighted by atomic mass is 79.9. The first-order valence-electron chi connectivity index (χ1n) is 6.04. The minimum Gasteiger partial charge on any atom is -0.485 e. The van der Waals surface area contributed by atoms with Gasteiger partial charge in [-0.2, -0.15) is 0 Å². The molecule has 1 aliphatic rings. The second kappa shape index (κ2) is 5.64. The van der Waals surface area contributed by atoms with E-state index in [9.17, 15) is 8.42 Å². The van der Waals surface area contributed by atoms with Gasteiger partial charge >= 0.3 is 0 Å². The summed E-state index contributed by atoms with van der Waals surface area (Å²) >= 11 is 3.28. The number of ether oxygens (including phenoxy) is 1. The van der Waals surface area contributed by atoms with Crippen LogP contribution >= 0.6 is 15.9 Å². The third-order valence-electron chi connectivity index (χ3n) is 2.99. The van der Waals surface area contributed by atoms with Gasteiger partial charge in [0.2, 0.25) is 10.0 Å². The molecule has 0 fully saturated rings. The number of rotatable bonds is 3. The average Bonchev–Trinajstić information content (AvgIpc) is 2.32. The molecule has 1 aromatic carbocycles. The fraction of sp³-hybridized carbons (Fsp3) is 0.385. The molecule has 19 heavy (non-hydrogen) atoms. The topological polar surface area (TPSA) is 69.4 Å². The van der Waals surface area contributed by atoms with Crippen LogP contribution in [0.5, 0.6) is 5.75 Å². The fourth-order valence-corrected chi connectivity index (χ4v) is 3.57. The maximum atomic E-state index is 11.7. The number of nitrogens with two attached hydrogens (primary N) is 1. The molecule has 6 heteroatoms. The highest BCUT2D eigenvalue weighted by Gasteiger charge is 2.21. The first-order valence-corrected chi connectivity index (χ1v) is 8.38. The Bertz CT molecular complexity index is 611. The molecule has 104 valence electrons. The van der Waals surface area contributed by atoms with Crippen molar-refractivity contribution < 1.29 is 13.2 Å². The van der Waals surface area contributed by atoms with E-state index in [0.717, 1.165) is 24.8 Å². The minimum absolute atomic E-state index is 0.0262. The van der Waals surface area contributed by atoms with Crippen LogP contribution in [-0.4, -0.2) is 14.5 Å². The predicted octanol–water partition coefficient (Wildman–Crippen LogP) is 2.89. The van der Waals surface area contributed by atoms with Gasteiger partial charge in [-0.25, -0.2) is 13.6 Å². The van der Waals surface area contributed by atoms with E-state index >= 15 is 0 Å². The molecule has 0 radical (unpaired) electrons. The van der Waals surface area contributed by atoms with E-state index in [-0.39, 0.29) is 11.0 Å². The lowest BCUT2D eigenvalue weighted by Crippen LogP contribution is -2.20. The predicted molar refractivity (Wildman–Crippen MR) is 77.7 cm³/mol. The van der Waals surface area contributed by atoms with Gasteiger partial charge in [-0.05, 0) is 50.0 Å². The van der Waals surface area contributed by atoms with Crippen LogP contribution in [0.15, 0.2) is 33.7 Å². The Morgan fingerprint density at radius 1 is 1.42 bits per heavy atom. The van der Waals surface area contributed by atoms with E-state index in [1.165, 1.54) is 6.07 Å². The lowest BCUT2D eigenvalue weighted by molar-refractivity contribution is 0.222. The number of aryl methyl sites for hydroxylation is 1. The smallest absolute Gasteiger partial charge is 0.241 e. The Morgan fingerprint density at radius 3 is 2.74 bits per heavy atom. The Kier molecular flexibility index (Phi) is 4.32. The quantitative estimate of drug-likeness (QED) is 0.856. The zero-order chi connectivity index (χ0) is 14.0. The van der Waals surface area contributed by atoms with Crippen LogP contribution in [0.4, 0.5) is 0 Å². The van der Waals surface area contributed by atoms with Crippen molar-refractivity contribution in [3.05, 3.63) is 34.3 Å². The van der Waals surface area contributed by atoms with Crippen LogP contribution < -0.4 is 9.88 Å². The summed E-state index contributed by atoms with van der Waals surface area (Å²) < 4.78 is 29.8. The SMILES string of the molecule is Cc1cc(Br)cc(S(N)(=O)=O)c1OC1C=CCCC1. The first-order chi connectivity index (χ1) is 8.88. The van der Waals surface area contributed by atoms with Crippen LogP contribution in [0.2, 0.25) is 0 Å². The highest BCUT2D eigenvalue weighted by Crippen LogP contribution is 2.32. The maximum absolute atomic E-state index is 11.7. The van der Waals surface area contributed by atoms with Crippen molar-refractivity contribution >= 4 is 26.0 Å². The van der Waals surface area contributed by atoms with Gasteiger partial charge < -0.3 is 4.74 Å². The van der Waals surface area contributed by atoms with E-state index in [1.54, 1.807) is 6.92 Å². The van der Waals surface area contributed by atoms with Gasteiger partial charge in [-0.1, -0.05) is 22.0 Å². The standard InChI is InChI=1S/C13H16BrNO3S/c1-9-7-10(14)8-12(19(15,16)17)13(9)18-11-5-3-2-4-6-11/h3,5,7-8,11H,2,4,6H2,1H3,(H2,15,16,17). The number of sulfonamides is 1. The molecule has 0 amide bonds. The van der Waals surface area contributed by atoms with Crippen molar-refractivity contribution in [3.63, 3.8) is 0 Å². The summed E-state index contributed by atoms with van der Waals surface area (Å²) in [5.74, 6) is 0.349. The van der Waals surface area contributed by atoms with Gasteiger partial charge in [0.1, 0.15) is 16.7 Å². The number of allylic oxidation sites excluding steroid dienone is 1. The highest BCUT2D eigenvalue weighted by molar-refractivity contribution is 9.10. The summed E-state index contributed by atoms with van der Waals surface area (Å²) in [6.07, 6.45) is 6.91. The molecule has 0 aromatic heterocycles. The summed E-state index contributed by atoms with van der Waals surface area (Å²) in [5.41, 5.74) is 0.748. The molecule has 1 aromatic rings. The largest absolute Gasteiger partial charge is 0.485 e. The van der Waals surface area contributed by atoms with E-state index in [1.807, 2.05) is 12.1 Å². The van der Waals surface area contributed by atoms with Crippen molar-refractivity contribution in [1.29, 1.82) is 0 Å². The Morgan fingerprint density at radius 2 is 2.16 bits per heavy atom. The number of primary sulfonamides is 1. The molecule has 0 heterocycles. The second-order valence-electron chi connectivity index (χ2n) is 4.61. The Balaban J connectivity index is 2.43. The summed E-state index contributed by atoms with van der Waals surface area (Å²) in [6.45, 7) is 1.81. The van der Waals surface area contributed by atoms with Gasteiger partial charge in [-0.3, -0.25) is 0 Å². The second-order valence-corrected chi connectivity index (χ2v) is 7.06. The van der Waals surface area contributed by atoms with Gasteiger partial charge in [0, 0.05) is 4.47 Å². The van der Waals surface area contributed by atoms with E-state index in [0.29, 0.717) is 10.2 Å². The summed E-state index contributed by atoms with van der Waals surface area (Å²) in [5, 5.41) is 5.25. The summed E-state index contributed by atoms with van der Waals surface area (Å²) in [7, 11) is -3.81. The zero-order valence-electron chi connectivity index (χ0n) is 10.6. The monoisotopic (exact) mass is 345 g/mol. The van der Waals surface area contributed by atoms with Crippen LogP contribution in [0.25, 0.3) is 0 Å². The van der Waals surface area contributed by atoms with Crippen LogP contribution in [0.1, 0.15) is 24.8 Å². The van der Waals surface area contributed by atoms with Crippen molar-refractivity contribution in [2.75, 3.05) is 0 Å². The summed E-state index contributed by atoms with van der Waals surface area (Å²) in [6, 6.07) is 3.29. The van der Waals surface area contributed by atoms with Gasteiger partial charge in [0.25, 0.3) is 0 Å². The van der Waals surface area contributed by atoms with Gasteiger partial charge in [0.05, 0.1) is 0 Å². The maximum Gasteiger partial charge on any atom is 0.241 e. The molecule has 0 bridgehead atoms. The molecule has 2 N–H and O–H groups in total. The van der Waals surface area contributed by atoms with Gasteiger partial charge in [-0.15, -0.1) is 0 Å². The molecule has 0 saturated heterocycles. The molecule has 1 aliphatic carbocycles. The number of hydrogen-bond acceptors (Lipinski definition) is 3. The van der Waals surface area contributed by atoms with Crippen molar-refractivity contribution in [3.8, 4) is 5.75 Å². The van der Waals surface area contributed by atoms with Gasteiger partial charge in [0.15, 0.2) is 0 Å². The van der Waals surface area contributed by atoms with Crippen molar-refractivity contribution in [2.24, 2.45) is 5.14 Å². The van der Waals surface area contributed by atoms with E-state index in [2.05, 4.69) is 22.0 Å². The molecule has 4 nitrogen and oxygen atoms in total.